The summed E-state index contributed by atoms with van der Waals surface area (Å²) in [6.07, 6.45) is 6.20. The minimum Gasteiger partial charge on any atom is -0.494 e. The number of rotatable bonds is 10. The van der Waals surface area contributed by atoms with Crippen molar-refractivity contribution >= 4 is 17.5 Å². The van der Waals surface area contributed by atoms with Crippen molar-refractivity contribution in [1.29, 1.82) is 0 Å². The first-order chi connectivity index (χ1) is 16.1. The van der Waals surface area contributed by atoms with Crippen molar-refractivity contribution in [2.45, 2.75) is 45.4 Å². The molecule has 2 aliphatic rings. The number of aryl methyl sites for hydroxylation is 1. The lowest BCUT2D eigenvalue weighted by Crippen LogP contribution is -2.41. The van der Waals surface area contributed by atoms with Gasteiger partial charge in [0.2, 0.25) is 5.91 Å². The van der Waals surface area contributed by atoms with Gasteiger partial charge in [0.25, 0.3) is 5.91 Å². The fourth-order valence-electron chi connectivity index (χ4n) is 4.25. The molecule has 6 nitrogen and oxygen atoms in total. The molecule has 0 atom stereocenters. The van der Waals surface area contributed by atoms with Crippen molar-refractivity contribution in [2.75, 3.05) is 31.6 Å². The van der Waals surface area contributed by atoms with Crippen LogP contribution in [0.5, 0.6) is 11.5 Å². The Labute approximate surface area is 196 Å². The van der Waals surface area contributed by atoms with Crippen LogP contribution in [0, 0.1) is 11.8 Å². The monoisotopic (exact) mass is 450 g/mol. The van der Waals surface area contributed by atoms with Crippen LogP contribution in [0.3, 0.4) is 0 Å². The zero-order valence-corrected chi connectivity index (χ0v) is 19.4. The van der Waals surface area contributed by atoms with Gasteiger partial charge in [-0.05, 0) is 81.2 Å². The molecule has 0 spiro atoms. The Hall–Kier alpha value is -3.02. The normalized spacial score (nSPS) is 16.3. The number of carbonyl (C=O) groups is 2. The molecule has 4 rings (SSSR count). The second-order valence-electron chi connectivity index (χ2n) is 9.02. The molecule has 1 aliphatic heterocycles. The molecule has 2 fully saturated rings. The van der Waals surface area contributed by atoms with Gasteiger partial charge in [-0.3, -0.25) is 9.59 Å². The number of nitrogens with one attached hydrogen (secondary N) is 1. The molecule has 0 aromatic heterocycles. The maximum absolute atomic E-state index is 12.6. The number of benzene rings is 2. The van der Waals surface area contributed by atoms with Gasteiger partial charge in [0.15, 0.2) is 6.61 Å². The van der Waals surface area contributed by atoms with Gasteiger partial charge in [0, 0.05) is 30.8 Å². The van der Waals surface area contributed by atoms with E-state index in [9.17, 15) is 9.59 Å². The number of carbonyl (C=O) groups excluding carboxylic acids is 2. The quantitative estimate of drug-likeness (QED) is 0.571. The lowest BCUT2D eigenvalue weighted by molar-refractivity contribution is -0.134. The fraction of sp³-hybridized carbons (Fsp3) is 0.481. The van der Waals surface area contributed by atoms with E-state index in [1.54, 1.807) is 6.07 Å². The van der Waals surface area contributed by atoms with Crippen molar-refractivity contribution in [3.8, 4) is 11.5 Å². The number of hydrogen-bond donors (Lipinski definition) is 1. The standard InChI is InChI=1S/C27H34N2O4/c1-2-32-24-12-8-20(9-13-24)6-7-21-14-16-29(17-15-21)26(30)19-33-25-5-3-4-23(18-25)28-27(31)22-10-11-22/h3-5,8-9,12-13,18,21-22H,2,6-7,10-11,14-17,19H2,1H3,(H,28,31). The van der Waals surface area contributed by atoms with E-state index < -0.39 is 0 Å². The molecule has 2 aromatic rings. The van der Waals surface area contributed by atoms with Crippen molar-refractivity contribution in [1.82, 2.24) is 4.90 Å². The summed E-state index contributed by atoms with van der Waals surface area (Å²) in [5.74, 6) is 2.40. The summed E-state index contributed by atoms with van der Waals surface area (Å²) in [5.41, 5.74) is 2.05. The minimum absolute atomic E-state index is 0.0207. The number of likely N-dealkylation sites (tertiary alicyclic amines) is 1. The first kappa shape index (κ1) is 23.1. The Bertz CT molecular complexity index is 931. The van der Waals surface area contributed by atoms with Crippen LogP contribution in [0.25, 0.3) is 0 Å². The number of amides is 2. The van der Waals surface area contributed by atoms with Gasteiger partial charge in [-0.1, -0.05) is 18.2 Å². The van der Waals surface area contributed by atoms with Gasteiger partial charge in [-0.2, -0.15) is 0 Å². The van der Waals surface area contributed by atoms with E-state index in [0.717, 1.165) is 57.4 Å². The lowest BCUT2D eigenvalue weighted by atomic mass is 9.90. The summed E-state index contributed by atoms with van der Waals surface area (Å²) in [6, 6.07) is 15.6. The average molecular weight is 451 g/mol. The number of anilines is 1. The van der Waals surface area contributed by atoms with E-state index in [2.05, 4.69) is 17.4 Å². The van der Waals surface area contributed by atoms with E-state index in [0.29, 0.717) is 24.0 Å². The minimum atomic E-state index is 0.0207. The lowest BCUT2D eigenvalue weighted by Gasteiger charge is -2.32. The highest BCUT2D eigenvalue weighted by atomic mass is 16.5. The smallest absolute Gasteiger partial charge is 0.260 e. The number of nitrogens with zero attached hydrogens (tertiary/aromatic N) is 1. The summed E-state index contributed by atoms with van der Waals surface area (Å²) in [7, 11) is 0. The number of ether oxygens (including phenoxy) is 2. The van der Waals surface area contributed by atoms with Crippen LogP contribution in [0.4, 0.5) is 5.69 Å². The van der Waals surface area contributed by atoms with Crippen molar-refractivity contribution in [3.05, 3.63) is 54.1 Å². The predicted octanol–water partition coefficient (Wildman–Crippen LogP) is 4.68. The molecule has 2 aromatic carbocycles. The first-order valence-electron chi connectivity index (χ1n) is 12.1. The first-order valence-corrected chi connectivity index (χ1v) is 12.1. The average Bonchev–Trinajstić information content (AvgIpc) is 3.69. The van der Waals surface area contributed by atoms with Crippen LogP contribution in [0.15, 0.2) is 48.5 Å². The van der Waals surface area contributed by atoms with Crippen molar-refractivity contribution in [3.63, 3.8) is 0 Å². The van der Waals surface area contributed by atoms with Crippen molar-refractivity contribution in [2.24, 2.45) is 11.8 Å². The highest BCUT2D eigenvalue weighted by Gasteiger charge is 2.29. The molecule has 6 heteroatoms. The number of piperidine rings is 1. The molecule has 0 unspecified atom stereocenters. The van der Waals surface area contributed by atoms with E-state index in [1.807, 2.05) is 42.2 Å². The third-order valence-corrected chi connectivity index (χ3v) is 6.45. The zero-order chi connectivity index (χ0) is 23.0. The van der Waals surface area contributed by atoms with E-state index in [4.69, 9.17) is 9.47 Å². The van der Waals surface area contributed by atoms with Crippen LogP contribution >= 0.6 is 0 Å². The van der Waals surface area contributed by atoms with Crippen LogP contribution in [0.1, 0.15) is 44.6 Å². The van der Waals surface area contributed by atoms with E-state index >= 15 is 0 Å². The largest absolute Gasteiger partial charge is 0.494 e. The summed E-state index contributed by atoms with van der Waals surface area (Å²) < 4.78 is 11.2. The maximum atomic E-state index is 12.6. The maximum Gasteiger partial charge on any atom is 0.260 e. The Morgan fingerprint density at radius 3 is 2.42 bits per heavy atom. The van der Waals surface area contributed by atoms with Gasteiger partial charge in [0.05, 0.1) is 6.61 Å². The predicted molar refractivity (Wildman–Crippen MR) is 129 cm³/mol. The molecule has 0 bridgehead atoms. The van der Waals surface area contributed by atoms with Gasteiger partial charge in [0.1, 0.15) is 11.5 Å². The molecule has 1 aliphatic carbocycles. The number of hydrogen-bond acceptors (Lipinski definition) is 4. The second kappa shape index (κ2) is 11.2. The summed E-state index contributed by atoms with van der Waals surface area (Å²) in [4.78, 5) is 26.5. The molecular weight excluding hydrogens is 416 g/mol. The molecule has 0 radical (unpaired) electrons. The Kier molecular flexibility index (Phi) is 7.87. The molecule has 1 N–H and O–H groups in total. The van der Waals surface area contributed by atoms with Gasteiger partial charge < -0.3 is 19.7 Å². The van der Waals surface area contributed by atoms with Crippen LogP contribution in [-0.2, 0) is 16.0 Å². The Balaban J connectivity index is 1.16. The van der Waals surface area contributed by atoms with Gasteiger partial charge in [-0.15, -0.1) is 0 Å². The SMILES string of the molecule is CCOc1ccc(CCC2CCN(C(=O)COc3cccc(NC(=O)C4CC4)c3)CC2)cc1. The van der Waals surface area contributed by atoms with E-state index in [-0.39, 0.29) is 24.3 Å². The third kappa shape index (κ3) is 6.98. The highest BCUT2D eigenvalue weighted by Crippen LogP contribution is 2.30. The molecule has 33 heavy (non-hydrogen) atoms. The summed E-state index contributed by atoms with van der Waals surface area (Å²) in [5, 5.41) is 2.91. The molecule has 176 valence electrons. The third-order valence-electron chi connectivity index (χ3n) is 6.45. The molecule has 1 saturated heterocycles. The van der Waals surface area contributed by atoms with Crippen LogP contribution < -0.4 is 14.8 Å². The topological polar surface area (TPSA) is 67.9 Å². The van der Waals surface area contributed by atoms with Crippen molar-refractivity contribution < 1.29 is 19.1 Å². The highest BCUT2D eigenvalue weighted by molar-refractivity contribution is 5.94. The summed E-state index contributed by atoms with van der Waals surface area (Å²) >= 11 is 0. The Morgan fingerprint density at radius 2 is 1.73 bits per heavy atom. The van der Waals surface area contributed by atoms with Crippen LogP contribution in [0.2, 0.25) is 0 Å². The molecule has 2 amide bonds. The van der Waals surface area contributed by atoms with Crippen LogP contribution in [-0.4, -0.2) is 43.0 Å². The zero-order valence-electron chi connectivity index (χ0n) is 19.4. The molecule has 1 saturated carbocycles. The Morgan fingerprint density at radius 1 is 0.970 bits per heavy atom. The molecule has 1 heterocycles. The van der Waals surface area contributed by atoms with Gasteiger partial charge in [-0.25, -0.2) is 0 Å². The molecular formula is C27H34N2O4. The van der Waals surface area contributed by atoms with E-state index in [1.165, 1.54) is 5.56 Å². The summed E-state index contributed by atoms with van der Waals surface area (Å²) in [6.45, 7) is 4.27. The fourth-order valence-corrected chi connectivity index (χ4v) is 4.25. The van der Waals surface area contributed by atoms with Gasteiger partial charge >= 0.3 is 0 Å². The second-order valence-corrected chi connectivity index (χ2v) is 9.02.